The number of fused-ring (bicyclic) bond motifs is 1. The number of aryl methyl sites for hydroxylation is 1. The van der Waals surface area contributed by atoms with Crippen LogP contribution in [0.4, 0.5) is 4.79 Å². The van der Waals surface area contributed by atoms with Crippen molar-refractivity contribution in [2.24, 2.45) is 0 Å². The summed E-state index contributed by atoms with van der Waals surface area (Å²) in [5, 5.41) is 8.87. The molecule has 1 atom stereocenters. The van der Waals surface area contributed by atoms with Crippen LogP contribution in [0.25, 0.3) is 0 Å². The normalized spacial score (nSPS) is 16.0. The molecular formula is C15H11ClO7S. The van der Waals surface area contributed by atoms with E-state index in [4.69, 9.17) is 26.2 Å². The minimum Gasteiger partial charge on any atom is -0.450 e. The van der Waals surface area contributed by atoms with E-state index in [-0.39, 0.29) is 21.3 Å². The molecule has 0 fully saturated rings. The lowest BCUT2D eigenvalue weighted by molar-refractivity contribution is -0.147. The Hall–Kier alpha value is -2.45. The molecule has 1 aliphatic heterocycles. The van der Waals surface area contributed by atoms with Crippen molar-refractivity contribution in [2.75, 3.05) is 0 Å². The van der Waals surface area contributed by atoms with Crippen molar-refractivity contribution < 1.29 is 32.5 Å². The SMILES string of the molecule is Cc1cc2c(cc1S(=O)(=O)c1cccc(Cl)c1)OC(OC(=O)O)O2. The summed E-state index contributed by atoms with van der Waals surface area (Å²) in [5.41, 5.74) is 0.410. The van der Waals surface area contributed by atoms with Gasteiger partial charge in [0.1, 0.15) is 0 Å². The van der Waals surface area contributed by atoms with Crippen molar-refractivity contribution in [3.63, 3.8) is 0 Å². The largest absolute Gasteiger partial charge is 0.511 e. The lowest BCUT2D eigenvalue weighted by atomic mass is 10.2. The number of rotatable bonds is 3. The maximum Gasteiger partial charge on any atom is 0.511 e. The van der Waals surface area contributed by atoms with E-state index in [9.17, 15) is 13.2 Å². The Labute approximate surface area is 142 Å². The Bertz CT molecular complexity index is 923. The highest BCUT2D eigenvalue weighted by molar-refractivity contribution is 7.91. The average molecular weight is 371 g/mol. The summed E-state index contributed by atoms with van der Waals surface area (Å²) in [6, 6.07) is 8.60. The highest BCUT2D eigenvalue weighted by Gasteiger charge is 2.31. The van der Waals surface area contributed by atoms with Crippen LogP contribution in [0.2, 0.25) is 5.02 Å². The van der Waals surface area contributed by atoms with Crippen molar-refractivity contribution in [1.29, 1.82) is 0 Å². The summed E-state index contributed by atoms with van der Waals surface area (Å²) < 4.78 is 40.2. The molecule has 1 N–H and O–H groups in total. The smallest absolute Gasteiger partial charge is 0.450 e. The third-order valence-electron chi connectivity index (χ3n) is 3.28. The fourth-order valence-corrected chi connectivity index (χ4v) is 4.03. The van der Waals surface area contributed by atoms with E-state index in [2.05, 4.69) is 4.74 Å². The lowest BCUT2D eigenvalue weighted by Gasteiger charge is -2.09. The van der Waals surface area contributed by atoms with E-state index in [1.54, 1.807) is 13.0 Å². The molecule has 126 valence electrons. The van der Waals surface area contributed by atoms with E-state index >= 15 is 0 Å². The molecule has 0 aromatic heterocycles. The number of carbonyl (C=O) groups is 1. The predicted octanol–water partition coefficient (Wildman–Crippen LogP) is 3.23. The van der Waals surface area contributed by atoms with E-state index in [1.165, 1.54) is 30.3 Å². The van der Waals surface area contributed by atoms with Gasteiger partial charge in [0.15, 0.2) is 11.5 Å². The average Bonchev–Trinajstić information content (AvgIpc) is 2.86. The standard InChI is InChI=1S/C15H11ClO7S/c1-8-5-11-12(22-15(21-11)23-14(17)18)7-13(8)24(19,20)10-4-2-3-9(16)6-10/h2-7,15H,1H3,(H,17,18). The number of halogens is 1. The molecule has 0 saturated heterocycles. The maximum absolute atomic E-state index is 12.8. The topological polar surface area (TPSA) is 99.1 Å². The molecule has 0 amide bonds. The Morgan fingerprint density at radius 1 is 1.21 bits per heavy atom. The zero-order chi connectivity index (χ0) is 17.5. The van der Waals surface area contributed by atoms with Gasteiger partial charge in [-0.25, -0.2) is 13.2 Å². The molecule has 1 unspecified atom stereocenters. The van der Waals surface area contributed by atoms with Gasteiger partial charge in [0.2, 0.25) is 9.84 Å². The Morgan fingerprint density at radius 3 is 2.50 bits per heavy atom. The van der Waals surface area contributed by atoms with E-state index in [0.717, 1.165) is 0 Å². The number of hydrogen-bond acceptors (Lipinski definition) is 6. The maximum atomic E-state index is 12.8. The number of carboxylic acid groups (broad SMARTS) is 1. The highest BCUT2D eigenvalue weighted by Crippen LogP contribution is 2.40. The van der Waals surface area contributed by atoms with Crippen LogP contribution in [0, 0.1) is 6.92 Å². The Balaban J connectivity index is 2.01. The van der Waals surface area contributed by atoms with Crippen molar-refractivity contribution in [3.05, 3.63) is 47.0 Å². The van der Waals surface area contributed by atoms with Gasteiger partial charge in [-0.2, -0.15) is 0 Å². The summed E-state index contributed by atoms with van der Waals surface area (Å²) in [6.45, 7) is 0.118. The first-order chi connectivity index (χ1) is 11.3. The van der Waals surface area contributed by atoms with Gasteiger partial charge in [0.05, 0.1) is 9.79 Å². The predicted molar refractivity (Wildman–Crippen MR) is 82.2 cm³/mol. The van der Waals surface area contributed by atoms with Crippen LogP contribution in [-0.4, -0.2) is 26.2 Å². The first kappa shape index (κ1) is 16.4. The first-order valence-electron chi connectivity index (χ1n) is 6.65. The molecule has 0 bridgehead atoms. The molecule has 1 aliphatic rings. The summed E-state index contributed by atoms with van der Waals surface area (Å²) in [6.07, 6.45) is -1.57. The van der Waals surface area contributed by atoms with Crippen LogP contribution >= 0.6 is 11.6 Å². The number of benzene rings is 2. The minimum absolute atomic E-state index is 0.00286. The monoisotopic (exact) mass is 370 g/mol. The van der Waals surface area contributed by atoms with Crippen LogP contribution in [0.3, 0.4) is 0 Å². The summed E-state index contributed by atoms with van der Waals surface area (Å²) >= 11 is 5.86. The van der Waals surface area contributed by atoms with Crippen LogP contribution < -0.4 is 9.47 Å². The molecular weight excluding hydrogens is 360 g/mol. The van der Waals surface area contributed by atoms with E-state index in [1.807, 2.05) is 0 Å². The fourth-order valence-electron chi connectivity index (χ4n) is 2.24. The van der Waals surface area contributed by atoms with Crippen molar-refractivity contribution in [3.8, 4) is 11.5 Å². The second-order valence-electron chi connectivity index (χ2n) is 4.93. The van der Waals surface area contributed by atoms with E-state index in [0.29, 0.717) is 10.6 Å². The van der Waals surface area contributed by atoms with Gasteiger partial charge in [-0.3, -0.25) is 0 Å². The first-order valence-corrected chi connectivity index (χ1v) is 8.51. The minimum atomic E-state index is -3.83. The number of ether oxygens (including phenoxy) is 3. The van der Waals surface area contributed by atoms with Crippen LogP contribution in [0.15, 0.2) is 46.2 Å². The zero-order valence-corrected chi connectivity index (χ0v) is 13.8. The van der Waals surface area contributed by atoms with Crippen LogP contribution in [0.5, 0.6) is 11.5 Å². The molecule has 7 nitrogen and oxygen atoms in total. The molecule has 2 aromatic rings. The number of hydrogen-bond donors (Lipinski definition) is 1. The molecule has 0 radical (unpaired) electrons. The quantitative estimate of drug-likeness (QED) is 0.828. The van der Waals surface area contributed by atoms with Gasteiger partial charge in [-0.1, -0.05) is 17.7 Å². The zero-order valence-electron chi connectivity index (χ0n) is 12.2. The van der Waals surface area contributed by atoms with Crippen LogP contribution in [0.1, 0.15) is 5.56 Å². The third kappa shape index (κ3) is 2.98. The second-order valence-corrected chi connectivity index (χ2v) is 7.29. The molecule has 0 spiro atoms. The van der Waals surface area contributed by atoms with Gasteiger partial charge < -0.3 is 19.3 Å². The lowest BCUT2D eigenvalue weighted by Crippen LogP contribution is -2.24. The summed E-state index contributed by atoms with van der Waals surface area (Å²) in [4.78, 5) is 10.6. The fraction of sp³-hybridized carbons (Fsp3) is 0.133. The van der Waals surface area contributed by atoms with Gasteiger partial charge in [-0.15, -0.1) is 0 Å². The van der Waals surface area contributed by atoms with Gasteiger partial charge in [0.25, 0.3) is 0 Å². The van der Waals surface area contributed by atoms with Gasteiger partial charge in [0, 0.05) is 11.1 Å². The summed E-state index contributed by atoms with van der Waals surface area (Å²) in [7, 11) is -3.83. The molecule has 0 aliphatic carbocycles. The van der Waals surface area contributed by atoms with Crippen molar-refractivity contribution in [2.45, 2.75) is 23.2 Å². The summed E-state index contributed by atoms with van der Waals surface area (Å²) in [5.74, 6) is 0.274. The number of sulfone groups is 1. The molecule has 2 aromatic carbocycles. The molecule has 9 heteroatoms. The van der Waals surface area contributed by atoms with E-state index < -0.39 is 22.5 Å². The van der Waals surface area contributed by atoms with Crippen molar-refractivity contribution in [1.82, 2.24) is 0 Å². The Kier molecular flexibility index (Phi) is 4.02. The van der Waals surface area contributed by atoms with Crippen LogP contribution in [-0.2, 0) is 14.6 Å². The Morgan fingerprint density at radius 2 is 1.88 bits per heavy atom. The highest BCUT2D eigenvalue weighted by atomic mass is 35.5. The van der Waals surface area contributed by atoms with Crippen molar-refractivity contribution >= 4 is 27.6 Å². The molecule has 1 heterocycles. The molecule has 24 heavy (non-hydrogen) atoms. The second kappa shape index (κ2) is 5.88. The molecule has 0 saturated carbocycles. The van der Waals surface area contributed by atoms with Gasteiger partial charge >= 0.3 is 12.6 Å². The third-order valence-corrected chi connectivity index (χ3v) is 5.41. The van der Waals surface area contributed by atoms with Gasteiger partial charge in [-0.05, 0) is 36.8 Å². The molecule has 3 rings (SSSR count).